The summed E-state index contributed by atoms with van der Waals surface area (Å²) in [5.41, 5.74) is 0. The van der Waals surface area contributed by atoms with E-state index in [4.69, 9.17) is 0 Å². The number of hydrogen-bond acceptors (Lipinski definition) is 2. The number of carbonyl (C=O) groups is 2. The van der Waals surface area contributed by atoms with Crippen LogP contribution in [-0.2, 0) is 9.59 Å². The van der Waals surface area contributed by atoms with Crippen LogP contribution in [0, 0.1) is 11.8 Å². The van der Waals surface area contributed by atoms with Gasteiger partial charge in [-0.15, -0.1) is 0 Å². The molecule has 1 aliphatic carbocycles. The van der Waals surface area contributed by atoms with Crippen LogP contribution in [0.25, 0.3) is 0 Å². The van der Waals surface area contributed by atoms with Gasteiger partial charge in [0.15, 0.2) is 0 Å². The maximum Gasteiger partial charge on any atom is 0.244 e. The van der Waals surface area contributed by atoms with Gasteiger partial charge >= 0.3 is 0 Å². The zero-order valence-electron chi connectivity index (χ0n) is 15.6. The van der Waals surface area contributed by atoms with Crippen molar-refractivity contribution in [3.8, 4) is 0 Å². The van der Waals surface area contributed by atoms with Gasteiger partial charge in [-0.3, -0.25) is 9.59 Å². The molecule has 1 atom stereocenters. The average Bonchev–Trinajstić information content (AvgIpc) is 2.56. The third-order valence-electron chi connectivity index (χ3n) is 5.27. The van der Waals surface area contributed by atoms with Crippen molar-refractivity contribution in [2.75, 3.05) is 13.1 Å². The average molecular weight is 325 g/mol. The number of nitrogens with one attached hydrogen (secondary N) is 1. The summed E-state index contributed by atoms with van der Waals surface area (Å²) in [6, 6.07) is -0.416. The fourth-order valence-corrected chi connectivity index (χ4v) is 3.52. The Kier molecular flexibility index (Phi) is 9.27. The van der Waals surface area contributed by atoms with Gasteiger partial charge in [-0.25, -0.2) is 0 Å². The fraction of sp³-hybridized carbons (Fsp3) is 0.895. The lowest BCUT2D eigenvalue weighted by molar-refractivity contribution is -0.136. The van der Waals surface area contributed by atoms with E-state index in [1.807, 2.05) is 18.7 Å². The maximum absolute atomic E-state index is 12.6. The molecule has 2 amide bonds. The first-order valence-electron chi connectivity index (χ1n) is 9.59. The summed E-state index contributed by atoms with van der Waals surface area (Å²) in [5, 5.41) is 2.92. The Labute approximate surface area is 142 Å². The number of carbonyl (C=O) groups excluding carboxylic acids is 2. The zero-order chi connectivity index (χ0) is 17.2. The Morgan fingerprint density at radius 3 is 2.22 bits per heavy atom. The predicted molar refractivity (Wildman–Crippen MR) is 95.1 cm³/mol. The molecule has 1 unspecified atom stereocenters. The molecule has 0 heterocycles. The normalized spacial score (nSPS) is 17.1. The number of likely N-dealkylation sites (N-methyl/N-ethyl adjacent to an activating group) is 1. The third-order valence-corrected chi connectivity index (χ3v) is 5.27. The molecule has 1 rings (SSSR count). The second kappa shape index (κ2) is 10.7. The predicted octanol–water partition coefficient (Wildman–Crippen LogP) is 3.75. The molecule has 1 aliphatic rings. The van der Waals surface area contributed by atoms with E-state index in [1.54, 1.807) is 0 Å². The van der Waals surface area contributed by atoms with E-state index >= 15 is 0 Å². The van der Waals surface area contributed by atoms with Gasteiger partial charge in [-0.1, -0.05) is 46.0 Å². The monoisotopic (exact) mass is 324 g/mol. The van der Waals surface area contributed by atoms with Crippen molar-refractivity contribution in [2.24, 2.45) is 11.8 Å². The van der Waals surface area contributed by atoms with E-state index in [9.17, 15) is 9.59 Å². The van der Waals surface area contributed by atoms with Crippen LogP contribution in [0.1, 0.15) is 79.1 Å². The molecule has 0 aromatic heterocycles. The SMILES string of the molecule is CCC(CC)CN(CC)C(=O)C(C)NC(=O)CC1CCCCC1. The molecule has 0 saturated heterocycles. The molecule has 23 heavy (non-hydrogen) atoms. The zero-order valence-corrected chi connectivity index (χ0v) is 15.6. The molecule has 4 heteroatoms. The lowest BCUT2D eigenvalue weighted by Gasteiger charge is -2.29. The standard InChI is InChI=1S/C19H36N2O2/c1-5-16(6-2)14-21(7-3)19(23)15(4)20-18(22)13-17-11-9-8-10-12-17/h15-17H,5-14H2,1-4H3,(H,20,22). The van der Waals surface area contributed by atoms with Crippen LogP contribution in [-0.4, -0.2) is 35.8 Å². The minimum Gasteiger partial charge on any atom is -0.345 e. The second-order valence-corrected chi connectivity index (χ2v) is 7.06. The maximum atomic E-state index is 12.6. The minimum atomic E-state index is -0.416. The number of amides is 2. The van der Waals surface area contributed by atoms with Gasteiger partial charge in [-0.2, -0.15) is 0 Å². The van der Waals surface area contributed by atoms with E-state index in [0.29, 0.717) is 24.8 Å². The van der Waals surface area contributed by atoms with Crippen molar-refractivity contribution >= 4 is 11.8 Å². The molecule has 1 fully saturated rings. The van der Waals surface area contributed by atoms with Crippen LogP contribution in [0.3, 0.4) is 0 Å². The lowest BCUT2D eigenvalue weighted by Crippen LogP contribution is -2.48. The molecule has 0 aliphatic heterocycles. The van der Waals surface area contributed by atoms with Gasteiger partial charge in [0.05, 0.1) is 0 Å². The van der Waals surface area contributed by atoms with Crippen molar-refractivity contribution in [1.82, 2.24) is 10.2 Å². The molecule has 0 bridgehead atoms. The second-order valence-electron chi connectivity index (χ2n) is 7.06. The molecule has 0 aromatic carbocycles. The summed E-state index contributed by atoms with van der Waals surface area (Å²) in [4.78, 5) is 26.7. The van der Waals surface area contributed by atoms with Crippen LogP contribution in [0.2, 0.25) is 0 Å². The molecule has 0 radical (unpaired) electrons. The van der Waals surface area contributed by atoms with Gasteiger partial charge in [-0.05, 0) is 38.5 Å². The summed E-state index contributed by atoms with van der Waals surface area (Å²) in [5.74, 6) is 1.15. The van der Waals surface area contributed by atoms with Crippen molar-refractivity contribution in [2.45, 2.75) is 85.1 Å². The molecule has 0 spiro atoms. The summed E-state index contributed by atoms with van der Waals surface area (Å²) in [6.45, 7) is 9.67. The Hall–Kier alpha value is -1.06. The summed E-state index contributed by atoms with van der Waals surface area (Å²) < 4.78 is 0. The van der Waals surface area contributed by atoms with Crippen molar-refractivity contribution in [3.63, 3.8) is 0 Å². The fourth-order valence-electron chi connectivity index (χ4n) is 3.52. The first-order chi connectivity index (χ1) is 11.0. The van der Waals surface area contributed by atoms with E-state index < -0.39 is 6.04 Å². The minimum absolute atomic E-state index is 0.0383. The number of nitrogens with zero attached hydrogens (tertiary/aromatic N) is 1. The van der Waals surface area contributed by atoms with E-state index in [-0.39, 0.29) is 11.8 Å². The molecule has 0 aromatic rings. The van der Waals surface area contributed by atoms with Gasteiger partial charge in [0.1, 0.15) is 6.04 Å². The highest BCUT2D eigenvalue weighted by Gasteiger charge is 2.24. The van der Waals surface area contributed by atoms with Crippen LogP contribution in [0.4, 0.5) is 0 Å². The number of hydrogen-bond donors (Lipinski definition) is 1. The first kappa shape index (κ1) is 20.0. The van der Waals surface area contributed by atoms with E-state index in [1.165, 1.54) is 19.3 Å². The summed E-state index contributed by atoms with van der Waals surface area (Å²) in [6.07, 6.45) is 8.85. The molecule has 4 nitrogen and oxygen atoms in total. The topological polar surface area (TPSA) is 49.4 Å². The van der Waals surface area contributed by atoms with Crippen molar-refractivity contribution in [1.29, 1.82) is 0 Å². The molecule has 1 N–H and O–H groups in total. The van der Waals surface area contributed by atoms with Gasteiger partial charge in [0.25, 0.3) is 0 Å². The largest absolute Gasteiger partial charge is 0.345 e. The molecule has 1 saturated carbocycles. The molecular weight excluding hydrogens is 288 g/mol. The molecule has 134 valence electrons. The van der Waals surface area contributed by atoms with Crippen LogP contribution in [0.5, 0.6) is 0 Å². The highest BCUT2D eigenvalue weighted by atomic mass is 16.2. The van der Waals surface area contributed by atoms with Crippen molar-refractivity contribution in [3.05, 3.63) is 0 Å². The van der Waals surface area contributed by atoms with Gasteiger partial charge < -0.3 is 10.2 Å². The van der Waals surface area contributed by atoms with E-state index in [0.717, 1.165) is 32.2 Å². The van der Waals surface area contributed by atoms with E-state index in [2.05, 4.69) is 19.2 Å². The summed E-state index contributed by atoms with van der Waals surface area (Å²) in [7, 11) is 0. The third kappa shape index (κ3) is 6.92. The highest BCUT2D eigenvalue weighted by Crippen LogP contribution is 2.26. The Morgan fingerprint density at radius 2 is 1.70 bits per heavy atom. The number of rotatable bonds is 9. The van der Waals surface area contributed by atoms with Crippen LogP contribution in [0.15, 0.2) is 0 Å². The first-order valence-corrected chi connectivity index (χ1v) is 9.59. The quantitative estimate of drug-likeness (QED) is 0.702. The van der Waals surface area contributed by atoms with Crippen LogP contribution >= 0.6 is 0 Å². The van der Waals surface area contributed by atoms with Crippen LogP contribution < -0.4 is 5.32 Å². The summed E-state index contributed by atoms with van der Waals surface area (Å²) >= 11 is 0. The van der Waals surface area contributed by atoms with Gasteiger partial charge in [0, 0.05) is 19.5 Å². The highest BCUT2D eigenvalue weighted by molar-refractivity contribution is 5.87. The Morgan fingerprint density at radius 1 is 1.09 bits per heavy atom. The lowest BCUT2D eigenvalue weighted by atomic mass is 9.87. The van der Waals surface area contributed by atoms with Gasteiger partial charge in [0.2, 0.25) is 11.8 Å². The smallest absolute Gasteiger partial charge is 0.244 e. The van der Waals surface area contributed by atoms with Crippen molar-refractivity contribution < 1.29 is 9.59 Å². The Bertz CT molecular complexity index is 360. The Balaban J connectivity index is 2.45. The molecular formula is C19H36N2O2.